The van der Waals surface area contributed by atoms with Crippen LogP contribution in [0.1, 0.15) is 74.1 Å². The number of hydrogen-bond acceptors (Lipinski definition) is 8. The molecule has 43 heavy (non-hydrogen) atoms. The molecule has 1 aliphatic heterocycles. The number of anilines is 2. The van der Waals surface area contributed by atoms with Gasteiger partial charge >= 0.3 is 6.09 Å². The lowest BCUT2D eigenvalue weighted by Crippen LogP contribution is -2.42. The molecule has 1 aliphatic rings. The molecule has 0 radical (unpaired) electrons. The second-order valence-corrected chi connectivity index (χ2v) is 10.0. The number of hydrogen-bond donors (Lipinski definition) is 2. The van der Waals surface area contributed by atoms with Crippen molar-refractivity contribution in [1.29, 1.82) is 0 Å². The highest BCUT2D eigenvalue weighted by atomic mass is 16.5. The highest BCUT2D eigenvalue weighted by molar-refractivity contribution is 5.82. The third-order valence-corrected chi connectivity index (χ3v) is 5.85. The van der Waals surface area contributed by atoms with E-state index in [2.05, 4.69) is 22.8 Å². The Balaban J connectivity index is -0.00000130. The van der Waals surface area contributed by atoms with Crippen molar-refractivity contribution in [2.75, 3.05) is 50.6 Å². The smallest absolute Gasteiger partial charge is 0.421 e. The number of carbonyl (C=O) groups excluding carboxylic acids is 1. The summed E-state index contributed by atoms with van der Waals surface area (Å²) in [5.41, 5.74) is 7.49. The Morgan fingerprint density at radius 2 is 1.74 bits per heavy atom. The van der Waals surface area contributed by atoms with Gasteiger partial charge in [0.2, 0.25) is 0 Å². The van der Waals surface area contributed by atoms with Crippen molar-refractivity contribution < 1.29 is 19.7 Å². The Kier molecular flexibility index (Phi) is 22.4. The van der Waals surface area contributed by atoms with Crippen molar-refractivity contribution in [1.82, 2.24) is 14.8 Å². The normalized spacial score (nSPS) is 12.4. The number of terminal acetylenes is 1. The van der Waals surface area contributed by atoms with Crippen LogP contribution in [0.5, 0.6) is 0 Å². The molecular weight excluding hydrogens is 546 g/mol. The van der Waals surface area contributed by atoms with Gasteiger partial charge in [-0.25, -0.2) is 9.36 Å². The van der Waals surface area contributed by atoms with Gasteiger partial charge in [-0.1, -0.05) is 72.0 Å². The van der Waals surface area contributed by atoms with E-state index < -0.39 is 11.7 Å². The van der Waals surface area contributed by atoms with Crippen LogP contribution in [0.4, 0.5) is 16.2 Å². The van der Waals surface area contributed by atoms with Gasteiger partial charge in [0.15, 0.2) is 0 Å². The first kappa shape index (κ1) is 43.8. The molecule has 2 heterocycles. The van der Waals surface area contributed by atoms with Crippen molar-refractivity contribution >= 4 is 23.0 Å². The lowest BCUT2D eigenvalue weighted by atomic mass is 10.1. The molecule has 0 aliphatic carbocycles. The number of allylic oxidation sites excluding steroid dienone is 1. The predicted molar refractivity (Wildman–Crippen MR) is 182 cm³/mol. The number of carbonyl (C=O) groups is 1. The number of aromatic nitrogens is 1. The van der Waals surface area contributed by atoms with Gasteiger partial charge in [-0.15, -0.1) is 0 Å². The fraction of sp³-hybridized carbons (Fsp3) is 0.515. The number of ether oxygens (including phenoxy) is 2. The summed E-state index contributed by atoms with van der Waals surface area (Å²) < 4.78 is 11.3. The molecule has 0 bridgehead atoms. The van der Waals surface area contributed by atoms with Gasteiger partial charge in [0.05, 0.1) is 23.7 Å². The SMILES string of the molecule is C.C.C#CN(CN1CCCNCC1)c1c(N)cc(C(=C)C)n(C(=O)OCc2ccccc2)c1=O.CC.COC(C)(C)C.O. The predicted octanol–water partition coefficient (Wildman–Crippen LogP) is 5.20. The molecule has 1 aromatic carbocycles. The molecule has 0 amide bonds. The Morgan fingerprint density at radius 3 is 2.26 bits per heavy atom. The van der Waals surface area contributed by atoms with E-state index in [1.807, 2.05) is 65.0 Å². The fourth-order valence-corrected chi connectivity index (χ4v) is 3.59. The minimum absolute atomic E-state index is 0. The van der Waals surface area contributed by atoms with Gasteiger partial charge < -0.3 is 26.0 Å². The Labute approximate surface area is 260 Å². The molecule has 0 unspecified atom stereocenters. The average Bonchev–Trinajstić information content (AvgIpc) is 3.21. The standard InChI is InChI=1S/C24H29N5O3.C5H12O.C2H6.2CH4.H2O/c1-4-28(17-27-13-8-11-26-12-14-27)22-20(25)15-21(18(2)3)29(23(22)30)24(31)32-16-19-9-6-5-7-10-19;1-5(2,3)6-4;1-2;;;/h1,5-7,9-10,15,26H,2,8,11-14,16-17,25H2,3H3;1-4H3;1-2H3;2*1H4;1H2. The molecule has 3 rings (SSSR count). The van der Waals surface area contributed by atoms with Crippen molar-refractivity contribution in [3.63, 3.8) is 0 Å². The van der Waals surface area contributed by atoms with Gasteiger partial charge in [-0.2, -0.15) is 0 Å². The molecule has 2 aromatic rings. The summed E-state index contributed by atoms with van der Waals surface area (Å²) in [6.45, 7) is 19.4. The Hall–Kier alpha value is -3.62. The lowest BCUT2D eigenvalue weighted by molar-refractivity contribution is 0.0397. The fourth-order valence-electron chi connectivity index (χ4n) is 3.59. The van der Waals surface area contributed by atoms with Crippen LogP contribution in [0.3, 0.4) is 0 Å². The maximum atomic E-state index is 13.5. The van der Waals surface area contributed by atoms with Crippen molar-refractivity contribution in [2.24, 2.45) is 0 Å². The molecule has 1 fully saturated rings. The molecule has 10 nitrogen and oxygen atoms in total. The maximum absolute atomic E-state index is 13.5. The topological polar surface area (TPSA) is 134 Å². The van der Waals surface area contributed by atoms with E-state index in [0.29, 0.717) is 12.2 Å². The van der Waals surface area contributed by atoms with E-state index >= 15 is 0 Å². The van der Waals surface area contributed by atoms with Gasteiger partial charge in [-0.05, 0) is 57.9 Å². The van der Waals surface area contributed by atoms with E-state index in [1.54, 1.807) is 14.0 Å². The zero-order valence-electron chi connectivity index (χ0n) is 25.8. The van der Waals surface area contributed by atoms with Crippen LogP contribution in [0, 0.1) is 12.5 Å². The van der Waals surface area contributed by atoms with E-state index in [1.165, 1.54) is 11.0 Å². The van der Waals surface area contributed by atoms with Crippen LogP contribution < -0.4 is 21.5 Å². The molecule has 1 saturated heterocycles. The van der Waals surface area contributed by atoms with Crippen LogP contribution in [-0.4, -0.2) is 66.6 Å². The molecule has 10 heteroatoms. The molecular formula is C33H57N5O5. The monoisotopic (exact) mass is 603 g/mol. The van der Waals surface area contributed by atoms with Crippen molar-refractivity contribution in [2.45, 2.75) is 75.0 Å². The first-order valence-electron chi connectivity index (χ1n) is 13.6. The summed E-state index contributed by atoms with van der Waals surface area (Å²) >= 11 is 0. The quantitative estimate of drug-likeness (QED) is 0.340. The van der Waals surface area contributed by atoms with E-state index in [9.17, 15) is 9.59 Å². The summed E-state index contributed by atoms with van der Waals surface area (Å²) in [5.74, 6) is 0. The zero-order valence-corrected chi connectivity index (χ0v) is 25.8. The van der Waals surface area contributed by atoms with Crippen molar-refractivity contribution in [3.05, 3.63) is 64.6 Å². The molecule has 0 atom stereocenters. The number of pyridine rings is 1. The van der Waals surface area contributed by atoms with Crippen molar-refractivity contribution in [3.8, 4) is 12.5 Å². The number of nitrogen functional groups attached to an aromatic ring is 1. The third-order valence-electron chi connectivity index (χ3n) is 5.85. The summed E-state index contributed by atoms with van der Waals surface area (Å²) in [6, 6.07) is 13.3. The number of nitrogens with two attached hydrogens (primary N) is 1. The summed E-state index contributed by atoms with van der Waals surface area (Å²) in [4.78, 5) is 30.0. The van der Waals surface area contributed by atoms with Crippen LogP contribution in [-0.2, 0) is 16.1 Å². The average molecular weight is 604 g/mol. The van der Waals surface area contributed by atoms with Gasteiger partial charge in [0.25, 0.3) is 5.56 Å². The first-order valence-corrected chi connectivity index (χ1v) is 13.6. The molecule has 0 saturated carbocycles. The summed E-state index contributed by atoms with van der Waals surface area (Å²) in [5, 5.41) is 3.33. The van der Waals surface area contributed by atoms with E-state index in [4.69, 9.17) is 21.6 Å². The largest absolute Gasteiger partial charge is 0.444 e. The van der Waals surface area contributed by atoms with Crippen LogP contribution in [0.25, 0.3) is 5.57 Å². The zero-order chi connectivity index (χ0) is 30.3. The molecule has 1 aromatic heterocycles. The maximum Gasteiger partial charge on any atom is 0.421 e. The van der Waals surface area contributed by atoms with Crippen LogP contribution in [0.15, 0.2) is 47.8 Å². The first-order chi connectivity index (χ1) is 19.0. The number of nitrogens with zero attached hydrogens (tertiary/aromatic N) is 3. The van der Waals surface area contributed by atoms with Gasteiger partial charge in [0, 0.05) is 32.8 Å². The minimum atomic E-state index is -0.811. The Morgan fingerprint density at radius 1 is 1.16 bits per heavy atom. The second-order valence-electron chi connectivity index (χ2n) is 10.0. The number of nitrogens with one attached hydrogen (secondary N) is 1. The number of methoxy groups -OCH3 is 1. The van der Waals surface area contributed by atoms with E-state index in [0.717, 1.165) is 42.7 Å². The van der Waals surface area contributed by atoms with Gasteiger partial charge in [-0.3, -0.25) is 14.6 Å². The third kappa shape index (κ3) is 14.4. The van der Waals surface area contributed by atoms with Gasteiger partial charge in [0.1, 0.15) is 12.3 Å². The van der Waals surface area contributed by atoms with E-state index in [-0.39, 0.29) is 49.6 Å². The second kappa shape index (κ2) is 22.0. The summed E-state index contributed by atoms with van der Waals surface area (Å²) in [6.07, 6.45) is 5.91. The minimum Gasteiger partial charge on any atom is -0.444 e. The highest BCUT2D eigenvalue weighted by Gasteiger charge is 2.24. The molecule has 5 N–H and O–H groups in total. The molecule has 0 spiro atoms. The summed E-state index contributed by atoms with van der Waals surface area (Å²) in [7, 11) is 1.71. The number of benzene rings is 1. The van der Waals surface area contributed by atoms with Crippen LogP contribution >= 0.6 is 0 Å². The Bertz CT molecular complexity index is 1180. The highest BCUT2D eigenvalue weighted by Crippen LogP contribution is 2.23. The molecule has 244 valence electrons. The lowest BCUT2D eigenvalue weighted by Gasteiger charge is -2.27. The number of rotatable bonds is 6. The van der Waals surface area contributed by atoms with Crippen LogP contribution in [0.2, 0.25) is 0 Å².